The molecule has 2 atom stereocenters. The lowest BCUT2D eigenvalue weighted by Gasteiger charge is -2.08. The molecule has 1 saturated carbocycles. The molecule has 1 aliphatic rings. The van der Waals surface area contributed by atoms with Crippen LogP contribution < -0.4 is 5.32 Å². The summed E-state index contributed by atoms with van der Waals surface area (Å²) in [5.74, 6) is -0.661. The van der Waals surface area contributed by atoms with Gasteiger partial charge in [-0.2, -0.15) is 0 Å². The highest BCUT2D eigenvalue weighted by Gasteiger charge is 2.40. The molecule has 1 aromatic rings. The van der Waals surface area contributed by atoms with Gasteiger partial charge in [-0.15, -0.1) is 0 Å². The van der Waals surface area contributed by atoms with Crippen LogP contribution in [-0.2, 0) is 14.3 Å². The second kappa shape index (κ2) is 5.90. The zero-order valence-electron chi connectivity index (χ0n) is 11.8. The van der Waals surface area contributed by atoms with Crippen LogP contribution in [0.5, 0.6) is 0 Å². The van der Waals surface area contributed by atoms with Crippen LogP contribution in [-0.4, -0.2) is 23.4 Å². The van der Waals surface area contributed by atoms with Crippen molar-refractivity contribution in [2.75, 3.05) is 11.9 Å². The number of ether oxygens (including phenoxy) is 1. The van der Waals surface area contributed by atoms with Crippen LogP contribution in [0.15, 0.2) is 18.2 Å². The topological polar surface area (TPSA) is 98.5 Å². The van der Waals surface area contributed by atoms with E-state index < -0.39 is 10.8 Å². The summed E-state index contributed by atoms with van der Waals surface area (Å²) in [6.45, 7) is 3.28. The number of non-ortho nitro benzene ring substituents is 1. The van der Waals surface area contributed by atoms with Crippen molar-refractivity contribution in [1.82, 2.24) is 0 Å². The third kappa shape index (κ3) is 3.77. The van der Waals surface area contributed by atoms with Gasteiger partial charge in [-0.05, 0) is 24.8 Å². The molecule has 112 valence electrons. The largest absolute Gasteiger partial charge is 0.455 e. The van der Waals surface area contributed by atoms with E-state index in [2.05, 4.69) is 5.32 Å². The number of esters is 1. The molecule has 1 amide bonds. The first-order chi connectivity index (χ1) is 9.88. The number of hydrogen-bond acceptors (Lipinski definition) is 5. The maximum atomic E-state index is 11.7. The van der Waals surface area contributed by atoms with E-state index in [1.54, 1.807) is 13.0 Å². The van der Waals surface area contributed by atoms with Gasteiger partial charge in [-0.1, -0.05) is 13.0 Å². The predicted octanol–water partition coefficient (Wildman–Crippen LogP) is 2.04. The molecule has 0 heterocycles. The molecular weight excluding hydrogens is 276 g/mol. The van der Waals surface area contributed by atoms with Crippen LogP contribution in [0.1, 0.15) is 18.9 Å². The number of carbonyl (C=O) groups excluding carboxylic acids is 2. The van der Waals surface area contributed by atoms with Gasteiger partial charge in [-0.3, -0.25) is 19.7 Å². The Hall–Kier alpha value is -2.44. The molecule has 0 aliphatic heterocycles. The maximum Gasteiger partial charge on any atom is 0.309 e. The molecule has 7 heteroatoms. The number of nitro benzene ring substituents is 1. The van der Waals surface area contributed by atoms with Gasteiger partial charge < -0.3 is 10.1 Å². The Labute approximate surface area is 121 Å². The number of nitro groups is 1. The molecule has 0 saturated heterocycles. The molecule has 1 N–H and O–H groups in total. The first-order valence-electron chi connectivity index (χ1n) is 6.60. The molecule has 1 fully saturated rings. The maximum absolute atomic E-state index is 11.7. The van der Waals surface area contributed by atoms with Gasteiger partial charge in [0.25, 0.3) is 11.6 Å². The number of amides is 1. The van der Waals surface area contributed by atoms with Crippen molar-refractivity contribution in [3.8, 4) is 0 Å². The number of carbonyl (C=O) groups is 2. The molecule has 0 unspecified atom stereocenters. The van der Waals surface area contributed by atoms with Crippen molar-refractivity contribution in [2.24, 2.45) is 11.8 Å². The molecule has 0 aromatic heterocycles. The number of hydrogen-bond donors (Lipinski definition) is 1. The van der Waals surface area contributed by atoms with Crippen molar-refractivity contribution in [3.05, 3.63) is 33.9 Å². The Kier molecular flexibility index (Phi) is 4.21. The van der Waals surface area contributed by atoms with Gasteiger partial charge >= 0.3 is 5.97 Å². The molecule has 21 heavy (non-hydrogen) atoms. The number of aryl methyl sites for hydroxylation is 1. The Bertz CT molecular complexity index is 599. The van der Waals surface area contributed by atoms with E-state index in [0.29, 0.717) is 17.2 Å². The lowest BCUT2D eigenvalue weighted by Crippen LogP contribution is -2.22. The zero-order valence-corrected chi connectivity index (χ0v) is 11.8. The lowest BCUT2D eigenvalue weighted by atomic mass is 10.2. The quantitative estimate of drug-likeness (QED) is 0.508. The van der Waals surface area contributed by atoms with Crippen LogP contribution >= 0.6 is 0 Å². The highest BCUT2D eigenvalue weighted by Crippen LogP contribution is 2.38. The van der Waals surface area contributed by atoms with Gasteiger partial charge in [0, 0.05) is 12.1 Å². The fourth-order valence-corrected chi connectivity index (χ4v) is 1.94. The van der Waals surface area contributed by atoms with E-state index in [4.69, 9.17) is 4.74 Å². The van der Waals surface area contributed by atoms with Gasteiger partial charge in [0.2, 0.25) is 0 Å². The fraction of sp³-hybridized carbons (Fsp3) is 0.429. The average molecular weight is 292 g/mol. The van der Waals surface area contributed by atoms with E-state index in [1.807, 2.05) is 6.92 Å². The number of nitrogens with one attached hydrogen (secondary N) is 1. The van der Waals surface area contributed by atoms with Crippen molar-refractivity contribution in [2.45, 2.75) is 20.3 Å². The third-order valence-corrected chi connectivity index (χ3v) is 3.46. The summed E-state index contributed by atoms with van der Waals surface area (Å²) < 4.78 is 4.90. The molecule has 0 bridgehead atoms. The van der Waals surface area contributed by atoms with E-state index in [-0.39, 0.29) is 24.2 Å². The van der Waals surface area contributed by atoms with E-state index in [0.717, 1.165) is 6.42 Å². The number of anilines is 1. The summed E-state index contributed by atoms with van der Waals surface area (Å²) in [6, 6.07) is 4.18. The molecule has 7 nitrogen and oxygen atoms in total. The minimum atomic E-state index is -0.538. The van der Waals surface area contributed by atoms with E-state index in [9.17, 15) is 19.7 Å². The van der Waals surface area contributed by atoms with Crippen molar-refractivity contribution >= 4 is 23.3 Å². The molecule has 0 radical (unpaired) electrons. The number of nitrogens with zero attached hydrogens (tertiary/aromatic N) is 1. The third-order valence-electron chi connectivity index (χ3n) is 3.46. The zero-order chi connectivity index (χ0) is 15.6. The number of rotatable bonds is 5. The van der Waals surface area contributed by atoms with Crippen LogP contribution in [0.3, 0.4) is 0 Å². The average Bonchev–Trinajstić information content (AvgIpc) is 3.15. The molecule has 2 rings (SSSR count). The van der Waals surface area contributed by atoms with Crippen LogP contribution in [0.4, 0.5) is 11.4 Å². The van der Waals surface area contributed by atoms with Gasteiger partial charge in [0.15, 0.2) is 6.61 Å². The monoisotopic (exact) mass is 292 g/mol. The van der Waals surface area contributed by atoms with Crippen LogP contribution in [0.25, 0.3) is 0 Å². The normalized spacial score (nSPS) is 19.7. The molecule has 0 spiro atoms. The Morgan fingerprint density at radius 3 is 2.71 bits per heavy atom. The predicted molar refractivity (Wildman–Crippen MR) is 74.7 cm³/mol. The van der Waals surface area contributed by atoms with Crippen LogP contribution in [0, 0.1) is 28.9 Å². The minimum absolute atomic E-state index is 0.0997. The Balaban J connectivity index is 1.91. The lowest BCUT2D eigenvalue weighted by molar-refractivity contribution is -0.384. The highest BCUT2D eigenvalue weighted by molar-refractivity contribution is 5.94. The summed E-state index contributed by atoms with van der Waals surface area (Å²) in [6.07, 6.45) is 0.796. The van der Waals surface area contributed by atoms with Gasteiger partial charge in [-0.25, -0.2) is 0 Å². The summed E-state index contributed by atoms with van der Waals surface area (Å²) in [5, 5.41) is 13.2. The molecular formula is C14H16N2O5. The van der Waals surface area contributed by atoms with Gasteiger partial charge in [0.1, 0.15) is 0 Å². The minimum Gasteiger partial charge on any atom is -0.455 e. The smallest absolute Gasteiger partial charge is 0.309 e. The standard InChI is InChI=1S/C14H16N2O5/c1-8-3-4-10(16(19)20)6-12(8)15-13(17)7-21-14(18)11-5-9(11)2/h3-4,6,9,11H,5,7H2,1-2H3,(H,15,17)/t9-,11+/m0/s1. The van der Waals surface area contributed by atoms with Crippen molar-refractivity contribution in [3.63, 3.8) is 0 Å². The first kappa shape index (κ1) is 15.0. The second-order valence-electron chi connectivity index (χ2n) is 5.23. The van der Waals surface area contributed by atoms with E-state index in [1.165, 1.54) is 12.1 Å². The first-order valence-corrected chi connectivity index (χ1v) is 6.60. The summed E-state index contributed by atoms with van der Waals surface area (Å²) in [7, 11) is 0. The summed E-state index contributed by atoms with van der Waals surface area (Å²) in [5.41, 5.74) is 0.917. The summed E-state index contributed by atoms with van der Waals surface area (Å²) in [4.78, 5) is 33.4. The van der Waals surface area contributed by atoms with Crippen molar-refractivity contribution < 1.29 is 19.2 Å². The van der Waals surface area contributed by atoms with Crippen molar-refractivity contribution in [1.29, 1.82) is 0 Å². The number of benzene rings is 1. The van der Waals surface area contributed by atoms with Crippen LogP contribution in [0.2, 0.25) is 0 Å². The van der Waals surface area contributed by atoms with Gasteiger partial charge in [0.05, 0.1) is 16.5 Å². The Morgan fingerprint density at radius 2 is 2.14 bits per heavy atom. The Morgan fingerprint density at radius 1 is 1.48 bits per heavy atom. The molecule has 1 aliphatic carbocycles. The van der Waals surface area contributed by atoms with E-state index >= 15 is 0 Å². The molecule has 1 aromatic carbocycles. The fourth-order valence-electron chi connectivity index (χ4n) is 1.94. The highest BCUT2D eigenvalue weighted by atomic mass is 16.6. The summed E-state index contributed by atoms with van der Waals surface area (Å²) >= 11 is 0. The second-order valence-corrected chi connectivity index (χ2v) is 5.23. The SMILES string of the molecule is Cc1ccc([N+](=O)[O-])cc1NC(=O)COC(=O)[C@@H]1C[C@@H]1C.